The zero-order chi connectivity index (χ0) is 14.3. The van der Waals surface area contributed by atoms with Gasteiger partial charge in [0.2, 0.25) is 0 Å². The monoisotopic (exact) mass is 263 g/mol. The Balaban J connectivity index is 2.45. The summed E-state index contributed by atoms with van der Waals surface area (Å²) in [6, 6.07) is 8.61. The van der Waals surface area contributed by atoms with Gasteiger partial charge in [-0.05, 0) is 35.4 Å². The Bertz CT molecular complexity index is 352. The Morgan fingerprint density at radius 1 is 1.05 bits per heavy atom. The van der Waals surface area contributed by atoms with Crippen LogP contribution in [0, 0.1) is 17.8 Å². The third-order valence-electron chi connectivity index (χ3n) is 3.72. The normalized spacial score (nSPS) is 11.8. The van der Waals surface area contributed by atoms with Crippen molar-refractivity contribution >= 4 is 0 Å². The minimum atomic E-state index is 0.689. The quantitative estimate of drug-likeness (QED) is 0.769. The van der Waals surface area contributed by atoms with E-state index in [4.69, 9.17) is 4.74 Å². The van der Waals surface area contributed by atoms with E-state index >= 15 is 0 Å². The molecule has 0 unspecified atom stereocenters. The van der Waals surface area contributed by atoms with Gasteiger partial charge >= 0.3 is 0 Å². The van der Waals surface area contributed by atoms with Gasteiger partial charge in [0.05, 0.1) is 6.61 Å². The van der Waals surface area contributed by atoms with Crippen LogP contribution in [0.1, 0.15) is 38.8 Å². The minimum absolute atomic E-state index is 0.689. The number of nitrogens with one attached hydrogen (secondary N) is 1. The van der Waals surface area contributed by atoms with Gasteiger partial charge in [-0.15, -0.1) is 0 Å². The van der Waals surface area contributed by atoms with Crippen molar-refractivity contribution < 1.29 is 4.74 Å². The molecule has 0 radical (unpaired) electrons. The van der Waals surface area contributed by atoms with Crippen LogP contribution in [-0.2, 0) is 17.9 Å². The fraction of sp³-hybridized carbons (Fsp3) is 0.647. The van der Waals surface area contributed by atoms with Crippen molar-refractivity contribution in [3.05, 3.63) is 35.4 Å². The number of hydrogen-bond acceptors (Lipinski definition) is 2. The van der Waals surface area contributed by atoms with Gasteiger partial charge in [-0.3, -0.25) is 0 Å². The maximum absolute atomic E-state index is 5.17. The highest BCUT2D eigenvalue weighted by Crippen LogP contribution is 2.19. The number of benzene rings is 1. The summed E-state index contributed by atoms with van der Waals surface area (Å²) in [6.07, 6.45) is 0. The van der Waals surface area contributed by atoms with E-state index in [0.717, 1.165) is 30.8 Å². The van der Waals surface area contributed by atoms with Gasteiger partial charge in [0.15, 0.2) is 0 Å². The van der Waals surface area contributed by atoms with E-state index in [1.54, 1.807) is 7.11 Å². The van der Waals surface area contributed by atoms with E-state index in [-0.39, 0.29) is 0 Å². The van der Waals surface area contributed by atoms with Crippen LogP contribution in [0.4, 0.5) is 0 Å². The molecule has 1 aromatic rings. The third kappa shape index (κ3) is 5.75. The molecule has 1 aromatic carbocycles. The average molecular weight is 263 g/mol. The predicted octanol–water partition coefficient (Wildman–Crippen LogP) is 3.85. The van der Waals surface area contributed by atoms with Crippen molar-refractivity contribution in [2.24, 2.45) is 17.8 Å². The molecule has 0 aliphatic rings. The summed E-state index contributed by atoms with van der Waals surface area (Å²) in [4.78, 5) is 0. The number of methoxy groups -OCH3 is 1. The molecule has 0 atom stereocenters. The Hall–Kier alpha value is -0.860. The number of rotatable bonds is 8. The van der Waals surface area contributed by atoms with E-state index in [0.29, 0.717) is 6.61 Å². The maximum atomic E-state index is 5.17. The molecule has 2 nitrogen and oxygen atoms in total. The molecule has 0 heterocycles. The van der Waals surface area contributed by atoms with Crippen molar-refractivity contribution in [1.82, 2.24) is 5.32 Å². The van der Waals surface area contributed by atoms with Crippen LogP contribution in [0.15, 0.2) is 24.3 Å². The number of ether oxygens (including phenoxy) is 1. The zero-order valence-corrected chi connectivity index (χ0v) is 13.1. The molecule has 1 N–H and O–H groups in total. The summed E-state index contributed by atoms with van der Waals surface area (Å²) in [6.45, 7) is 12.0. The summed E-state index contributed by atoms with van der Waals surface area (Å²) in [7, 11) is 1.74. The lowest BCUT2D eigenvalue weighted by Crippen LogP contribution is -2.29. The van der Waals surface area contributed by atoms with Crippen molar-refractivity contribution in [2.75, 3.05) is 13.7 Å². The average Bonchev–Trinajstić information content (AvgIpc) is 2.34. The van der Waals surface area contributed by atoms with Gasteiger partial charge in [-0.1, -0.05) is 52.0 Å². The van der Waals surface area contributed by atoms with Crippen LogP contribution < -0.4 is 5.32 Å². The van der Waals surface area contributed by atoms with Gasteiger partial charge in [-0.25, -0.2) is 0 Å². The highest BCUT2D eigenvalue weighted by Gasteiger charge is 2.16. The van der Waals surface area contributed by atoms with Crippen LogP contribution in [0.2, 0.25) is 0 Å². The van der Waals surface area contributed by atoms with E-state index in [1.807, 2.05) is 0 Å². The van der Waals surface area contributed by atoms with Gasteiger partial charge in [0.1, 0.15) is 0 Å². The van der Waals surface area contributed by atoms with Crippen molar-refractivity contribution in [2.45, 2.75) is 40.8 Å². The first-order valence-electron chi connectivity index (χ1n) is 7.32. The molecule has 0 aliphatic carbocycles. The van der Waals surface area contributed by atoms with Crippen LogP contribution in [0.5, 0.6) is 0 Å². The summed E-state index contributed by atoms with van der Waals surface area (Å²) in [5.74, 6) is 2.20. The van der Waals surface area contributed by atoms with Crippen LogP contribution in [-0.4, -0.2) is 13.7 Å². The Labute approximate surface area is 118 Å². The van der Waals surface area contributed by atoms with Gasteiger partial charge in [0.25, 0.3) is 0 Å². The van der Waals surface area contributed by atoms with Gasteiger partial charge < -0.3 is 10.1 Å². The highest BCUT2D eigenvalue weighted by atomic mass is 16.5. The zero-order valence-electron chi connectivity index (χ0n) is 13.1. The topological polar surface area (TPSA) is 21.3 Å². The van der Waals surface area contributed by atoms with E-state index in [1.165, 1.54) is 11.1 Å². The predicted molar refractivity (Wildman–Crippen MR) is 82.0 cm³/mol. The maximum Gasteiger partial charge on any atom is 0.0713 e. The first kappa shape index (κ1) is 16.2. The molecule has 0 bridgehead atoms. The SMILES string of the molecule is COCc1cccc(CNCC(C(C)C)C(C)C)c1. The first-order chi connectivity index (χ1) is 9.04. The Morgan fingerprint density at radius 2 is 1.68 bits per heavy atom. The molecular formula is C17H29NO. The molecule has 0 saturated heterocycles. The second-order valence-electron chi connectivity index (χ2n) is 6.04. The lowest BCUT2D eigenvalue weighted by Gasteiger charge is -2.25. The molecule has 0 aromatic heterocycles. The summed E-state index contributed by atoms with van der Waals surface area (Å²) < 4.78 is 5.17. The van der Waals surface area contributed by atoms with Crippen molar-refractivity contribution in [3.63, 3.8) is 0 Å². The smallest absolute Gasteiger partial charge is 0.0713 e. The first-order valence-corrected chi connectivity index (χ1v) is 7.32. The fourth-order valence-corrected chi connectivity index (χ4v) is 2.62. The second kappa shape index (κ2) is 8.34. The minimum Gasteiger partial charge on any atom is -0.380 e. The largest absolute Gasteiger partial charge is 0.380 e. The molecular weight excluding hydrogens is 234 g/mol. The van der Waals surface area contributed by atoms with E-state index in [9.17, 15) is 0 Å². The van der Waals surface area contributed by atoms with Gasteiger partial charge in [0, 0.05) is 13.7 Å². The van der Waals surface area contributed by atoms with Gasteiger partial charge in [-0.2, -0.15) is 0 Å². The van der Waals surface area contributed by atoms with Crippen molar-refractivity contribution in [3.8, 4) is 0 Å². The molecule has 19 heavy (non-hydrogen) atoms. The van der Waals surface area contributed by atoms with Crippen LogP contribution in [0.25, 0.3) is 0 Å². The molecule has 0 fully saturated rings. The third-order valence-corrected chi connectivity index (χ3v) is 3.72. The molecule has 1 rings (SSSR count). The fourth-order valence-electron chi connectivity index (χ4n) is 2.62. The molecule has 0 saturated carbocycles. The van der Waals surface area contributed by atoms with Crippen LogP contribution >= 0.6 is 0 Å². The van der Waals surface area contributed by atoms with E-state index < -0.39 is 0 Å². The van der Waals surface area contributed by atoms with E-state index in [2.05, 4.69) is 57.3 Å². The Kier molecular flexibility index (Phi) is 7.11. The van der Waals surface area contributed by atoms with Crippen molar-refractivity contribution in [1.29, 1.82) is 0 Å². The summed E-state index contributed by atoms with van der Waals surface area (Å²) in [5.41, 5.74) is 2.58. The lowest BCUT2D eigenvalue weighted by molar-refractivity contribution is 0.185. The number of hydrogen-bond donors (Lipinski definition) is 1. The Morgan fingerprint density at radius 3 is 2.26 bits per heavy atom. The summed E-state index contributed by atoms with van der Waals surface area (Å²) in [5, 5.41) is 3.59. The summed E-state index contributed by atoms with van der Waals surface area (Å²) >= 11 is 0. The lowest BCUT2D eigenvalue weighted by atomic mass is 9.85. The molecule has 0 aliphatic heterocycles. The second-order valence-corrected chi connectivity index (χ2v) is 6.04. The van der Waals surface area contributed by atoms with Crippen LogP contribution in [0.3, 0.4) is 0 Å². The molecule has 0 amide bonds. The standard InChI is InChI=1S/C17H29NO/c1-13(2)17(14(3)4)11-18-10-15-7-6-8-16(9-15)12-19-5/h6-9,13-14,17-18H,10-12H2,1-5H3. The molecule has 108 valence electrons. The highest BCUT2D eigenvalue weighted by molar-refractivity contribution is 5.22. The molecule has 0 spiro atoms. The molecule has 2 heteroatoms.